The molecule has 1 aliphatic rings. The van der Waals surface area contributed by atoms with Gasteiger partial charge in [-0.05, 0) is 47.2 Å². The van der Waals surface area contributed by atoms with Gasteiger partial charge in [0.1, 0.15) is 0 Å². The fourth-order valence-electron chi connectivity index (χ4n) is 4.32. The van der Waals surface area contributed by atoms with Crippen LogP contribution in [0.1, 0.15) is 50.1 Å². The van der Waals surface area contributed by atoms with Crippen LogP contribution in [0.25, 0.3) is 22.6 Å². The Morgan fingerprint density at radius 2 is 1.44 bits per heavy atom. The molecule has 4 aromatic rings. The number of allylic oxidation sites excluding steroid dienone is 3. The van der Waals surface area contributed by atoms with Crippen molar-refractivity contribution in [2.45, 2.75) is 38.5 Å². The molecule has 34 heavy (non-hydrogen) atoms. The van der Waals surface area contributed by atoms with Crippen molar-refractivity contribution in [2.24, 2.45) is 0 Å². The van der Waals surface area contributed by atoms with Gasteiger partial charge in [0.05, 0.1) is 0 Å². The Morgan fingerprint density at radius 3 is 2.12 bits per heavy atom. The van der Waals surface area contributed by atoms with Crippen molar-refractivity contribution in [3.63, 3.8) is 0 Å². The van der Waals surface area contributed by atoms with Crippen LogP contribution in [-0.2, 0) is 5.41 Å². The van der Waals surface area contributed by atoms with Crippen LogP contribution in [0.3, 0.4) is 0 Å². The molecule has 0 fully saturated rings. The monoisotopic (exact) mass is 443 g/mol. The highest BCUT2D eigenvalue weighted by Gasteiger charge is 2.20. The zero-order valence-electron chi connectivity index (χ0n) is 19.9. The minimum atomic E-state index is 0.106. The van der Waals surface area contributed by atoms with E-state index in [1.54, 1.807) is 0 Å². The topological polar surface area (TPSA) is 30.7 Å². The minimum Gasteiger partial charge on any atom is -0.275 e. The van der Waals surface area contributed by atoms with E-state index in [-0.39, 0.29) is 5.41 Å². The average Bonchev–Trinajstić information content (AvgIpc) is 3.15. The maximum absolute atomic E-state index is 4.66. The Balaban J connectivity index is 1.57. The summed E-state index contributed by atoms with van der Waals surface area (Å²) in [5, 5.41) is 9.31. The molecule has 3 aromatic carbocycles. The Labute approximate surface area is 201 Å². The van der Waals surface area contributed by atoms with E-state index in [2.05, 4.69) is 120 Å². The van der Waals surface area contributed by atoms with Crippen LogP contribution in [-0.4, -0.2) is 14.8 Å². The van der Waals surface area contributed by atoms with Gasteiger partial charge in [0.2, 0.25) is 0 Å². The number of benzene rings is 3. The molecule has 0 bridgehead atoms. The number of aromatic nitrogens is 3. The number of para-hydroxylation sites is 1. The lowest BCUT2D eigenvalue weighted by atomic mass is 9.86. The van der Waals surface area contributed by atoms with Gasteiger partial charge in [-0.3, -0.25) is 4.57 Å². The fraction of sp³-hybridized carbons (Fsp3) is 0.194. The second-order valence-electron chi connectivity index (χ2n) is 9.74. The molecular weight excluding hydrogens is 414 g/mol. The first kappa shape index (κ1) is 21.9. The van der Waals surface area contributed by atoms with Gasteiger partial charge >= 0.3 is 0 Å². The Bertz CT molecular complexity index is 1360. The van der Waals surface area contributed by atoms with Crippen LogP contribution in [0.4, 0.5) is 0 Å². The van der Waals surface area contributed by atoms with Crippen molar-refractivity contribution in [1.29, 1.82) is 0 Å². The van der Waals surface area contributed by atoms with Crippen molar-refractivity contribution in [2.75, 3.05) is 0 Å². The second kappa shape index (κ2) is 9.13. The maximum Gasteiger partial charge on any atom is 0.169 e. The molecule has 0 saturated heterocycles. The fourth-order valence-corrected chi connectivity index (χ4v) is 4.32. The molecule has 0 aliphatic heterocycles. The molecule has 1 aromatic heterocycles. The lowest BCUT2D eigenvalue weighted by molar-refractivity contribution is 0.590. The summed E-state index contributed by atoms with van der Waals surface area (Å²) < 4.78 is 2.15. The van der Waals surface area contributed by atoms with E-state index in [1.807, 2.05) is 24.3 Å². The molecule has 0 radical (unpaired) electrons. The van der Waals surface area contributed by atoms with Gasteiger partial charge in [-0.15, -0.1) is 15.9 Å². The van der Waals surface area contributed by atoms with E-state index in [1.165, 1.54) is 11.1 Å². The molecule has 0 amide bonds. The maximum atomic E-state index is 4.66. The second-order valence-corrected chi connectivity index (χ2v) is 9.74. The Hall–Kier alpha value is -3.94. The third-order valence-corrected chi connectivity index (χ3v) is 6.30. The highest BCUT2D eigenvalue weighted by molar-refractivity contribution is 5.74. The smallest absolute Gasteiger partial charge is 0.169 e. The van der Waals surface area contributed by atoms with Gasteiger partial charge in [0.15, 0.2) is 11.6 Å². The predicted octanol–water partition coefficient (Wildman–Crippen LogP) is 7.51. The zero-order chi connectivity index (χ0) is 23.5. The van der Waals surface area contributed by atoms with E-state index in [9.17, 15) is 0 Å². The third kappa shape index (κ3) is 4.44. The predicted molar refractivity (Wildman–Crippen MR) is 140 cm³/mol. The normalized spacial score (nSPS) is 15.7. The van der Waals surface area contributed by atoms with E-state index in [4.69, 9.17) is 0 Å². The molecule has 0 spiro atoms. The standard InChI is InChI=1S/C31H29N3/c1-31(2,3)27-21-19-26(20-22-27)30-33-32-29(34(30)28-15-8-5-9-16-28)25-14-10-13-24(17-18-25)23-11-6-4-7-12-23/h4-9,11-16,18-22,24H,17H2,1-3H3/t24-/m1/s1. The van der Waals surface area contributed by atoms with Crippen molar-refractivity contribution in [3.05, 3.63) is 126 Å². The van der Waals surface area contributed by atoms with Crippen LogP contribution in [0.5, 0.6) is 0 Å². The van der Waals surface area contributed by atoms with Gasteiger partial charge in [-0.1, -0.05) is 99.6 Å². The molecule has 1 heterocycles. The summed E-state index contributed by atoms with van der Waals surface area (Å²) in [4.78, 5) is 0. The first-order valence-electron chi connectivity index (χ1n) is 11.8. The number of rotatable bonds is 4. The summed E-state index contributed by atoms with van der Waals surface area (Å²) in [7, 11) is 0. The van der Waals surface area contributed by atoms with Gasteiger partial charge < -0.3 is 0 Å². The van der Waals surface area contributed by atoms with Crippen LogP contribution < -0.4 is 0 Å². The van der Waals surface area contributed by atoms with Crippen molar-refractivity contribution in [3.8, 4) is 17.1 Å². The summed E-state index contributed by atoms with van der Waals surface area (Å²) in [6, 6.07) is 29.6. The Kier molecular flexibility index (Phi) is 5.88. The number of hydrogen-bond acceptors (Lipinski definition) is 2. The zero-order valence-corrected chi connectivity index (χ0v) is 19.9. The van der Waals surface area contributed by atoms with E-state index >= 15 is 0 Å². The minimum absolute atomic E-state index is 0.106. The first-order chi connectivity index (χ1) is 16.5. The molecule has 1 atom stereocenters. The van der Waals surface area contributed by atoms with Crippen molar-refractivity contribution < 1.29 is 0 Å². The summed E-state index contributed by atoms with van der Waals surface area (Å²) in [5.74, 6) is 1.96. The van der Waals surface area contributed by atoms with E-state index < -0.39 is 0 Å². The van der Waals surface area contributed by atoms with Gasteiger partial charge in [0.25, 0.3) is 0 Å². The third-order valence-electron chi connectivity index (χ3n) is 6.30. The van der Waals surface area contributed by atoms with Gasteiger partial charge in [0, 0.05) is 22.7 Å². The molecule has 1 aliphatic carbocycles. The molecule has 168 valence electrons. The molecular formula is C31H29N3. The molecule has 0 unspecified atom stereocenters. The molecule has 0 saturated carbocycles. The lowest BCUT2D eigenvalue weighted by Crippen LogP contribution is -2.10. The molecule has 3 nitrogen and oxygen atoms in total. The SMILES string of the molecule is CC(C)(C)c1ccc(-c2nnc(C3=CC[C@H](c4ccccc4)C=C=C3)n2-c2ccccc2)cc1. The van der Waals surface area contributed by atoms with Crippen LogP contribution in [0, 0.1) is 0 Å². The lowest BCUT2D eigenvalue weighted by Gasteiger charge is -2.19. The molecule has 3 heteroatoms. The van der Waals surface area contributed by atoms with Gasteiger partial charge in [-0.2, -0.15) is 0 Å². The first-order valence-corrected chi connectivity index (χ1v) is 11.8. The van der Waals surface area contributed by atoms with Crippen LogP contribution >= 0.6 is 0 Å². The van der Waals surface area contributed by atoms with Crippen LogP contribution in [0.2, 0.25) is 0 Å². The number of hydrogen-bond donors (Lipinski definition) is 0. The highest BCUT2D eigenvalue weighted by atomic mass is 15.3. The summed E-state index contributed by atoms with van der Waals surface area (Å²) >= 11 is 0. The summed E-state index contributed by atoms with van der Waals surface area (Å²) in [6.45, 7) is 6.69. The molecule has 5 rings (SSSR count). The highest BCUT2D eigenvalue weighted by Crippen LogP contribution is 2.31. The summed E-state index contributed by atoms with van der Waals surface area (Å²) in [5.41, 5.74) is 9.22. The molecule has 0 N–H and O–H groups in total. The quantitative estimate of drug-likeness (QED) is 0.306. The van der Waals surface area contributed by atoms with Crippen LogP contribution in [0.15, 0.2) is 109 Å². The van der Waals surface area contributed by atoms with Gasteiger partial charge in [-0.25, -0.2) is 0 Å². The Morgan fingerprint density at radius 1 is 0.794 bits per heavy atom. The average molecular weight is 444 g/mol. The van der Waals surface area contributed by atoms with Crippen molar-refractivity contribution >= 4 is 5.57 Å². The summed E-state index contributed by atoms with van der Waals surface area (Å²) in [6.07, 6.45) is 7.32. The van der Waals surface area contributed by atoms with E-state index in [0.717, 1.165) is 34.9 Å². The largest absolute Gasteiger partial charge is 0.275 e. The van der Waals surface area contributed by atoms with E-state index in [0.29, 0.717) is 5.92 Å². The number of nitrogens with zero attached hydrogens (tertiary/aromatic N) is 3. The van der Waals surface area contributed by atoms with Crippen molar-refractivity contribution in [1.82, 2.24) is 14.8 Å².